The van der Waals surface area contributed by atoms with Gasteiger partial charge in [-0.25, -0.2) is 4.79 Å². The number of carbonyl (C=O) groups excluding carboxylic acids is 3. The second-order valence-corrected chi connectivity index (χ2v) is 7.84. The first-order chi connectivity index (χ1) is 14.8. The van der Waals surface area contributed by atoms with Crippen LogP contribution in [0.4, 0.5) is 5.69 Å². The number of carbonyl (C=O) groups is 3. The molecule has 0 bridgehead atoms. The highest BCUT2D eigenvalue weighted by molar-refractivity contribution is 6.33. The van der Waals surface area contributed by atoms with Crippen molar-refractivity contribution < 1.29 is 24.0 Å². The minimum atomic E-state index is -0.814. The number of benzene rings is 2. The molecule has 0 unspecified atom stereocenters. The molecule has 1 aliphatic heterocycles. The predicted octanol–water partition coefficient (Wildman–Crippen LogP) is 3.89. The number of rotatable bonds is 6. The molecule has 1 fully saturated rings. The fourth-order valence-corrected chi connectivity index (χ4v) is 3.55. The lowest BCUT2D eigenvalue weighted by molar-refractivity contribution is -0.384. The van der Waals surface area contributed by atoms with Crippen molar-refractivity contribution in [1.82, 2.24) is 4.90 Å². The van der Waals surface area contributed by atoms with E-state index < -0.39 is 29.0 Å². The summed E-state index contributed by atoms with van der Waals surface area (Å²) in [6, 6.07) is 9.63. The quantitative estimate of drug-likeness (QED) is 0.289. The summed E-state index contributed by atoms with van der Waals surface area (Å²) in [4.78, 5) is 49.9. The second kappa shape index (κ2) is 9.70. The van der Waals surface area contributed by atoms with E-state index in [4.69, 9.17) is 16.3 Å². The first-order valence-electron chi connectivity index (χ1n) is 9.80. The second-order valence-electron chi connectivity index (χ2n) is 7.44. The van der Waals surface area contributed by atoms with Crippen molar-refractivity contribution in [3.63, 3.8) is 0 Å². The molecule has 1 amide bonds. The molecule has 0 saturated carbocycles. The largest absolute Gasteiger partial charge is 0.452 e. The molecule has 2 aromatic carbocycles. The molecule has 1 saturated heterocycles. The number of nitrogens with zero attached hydrogens (tertiary/aromatic N) is 2. The Labute approximate surface area is 183 Å². The van der Waals surface area contributed by atoms with Gasteiger partial charge in [0, 0.05) is 30.3 Å². The lowest BCUT2D eigenvalue weighted by atomic mass is 9.98. The highest BCUT2D eigenvalue weighted by Crippen LogP contribution is 2.27. The number of hydrogen-bond acceptors (Lipinski definition) is 6. The molecule has 1 heterocycles. The van der Waals surface area contributed by atoms with Crippen LogP contribution in [0.15, 0.2) is 42.5 Å². The highest BCUT2D eigenvalue weighted by Gasteiger charge is 2.24. The van der Waals surface area contributed by atoms with E-state index in [1.807, 2.05) is 0 Å². The molecule has 0 spiro atoms. The summed E-state index contributed by atoms with van der Waals surface area (Å²) in [5.41, 5.74) is -0.405. The van der Waals surface area contributed by atoms with Gasteiger partial charge in [0.25, 0.3) is 11.6 Å². The van der Waals surface area contributed by atoms with Crippen molar-refractivity contribution in [2.45, 2.75) is 19.8 Å². The van der Waals surface area contributed by atoms with Gasteiger partial charge in [0.2, 0.25) is 0 Å². The minimum absolute atomic E-state index is 0.00913. The minimum Gasteiger partial charge on any atom is -0.452 e. The van der Waals surface area contributed by atoms with Crippen LogP contribution in [0.3, 0.4) is 0 Å². The molecule has 3 rings (SSSR count). The van der Waals surface area contributed by atoms with Crippen LogP contribution < -0.4 is 0 Å². The molecule has 0 aliphatic carbocycles. The maximum absolute atomic E-state index is 12.9. The van der Waals surface area contributed by atoms with Crippen molar-refractivity contribution in [3.8, 4) is 0 Å². The van der Waals surface area contributed by atoms with E-state index in [1.165, 1.54) is 24.3 Å². The van der Waals surface area contributed by atoms with Crippen molar-refractivity contribution >= 4 is 34.9 Å². The third-order valence-electron chi connectivity index (χ3n) is 5.26. The number of amides is 1. The summed E-state index contributed by atoms with van der Waals surface area (Å²) < 4.78 is 5.17. The van der Waals surface area contributed by atoms with E-state index in [-0.39, 0.29) is 27.6 Å². The van der Waals surface area contributed by atoms with Crippen LogP contribution in [0.25, 0.3) is 0 Å². The van der Waals surface area contributed by atoms with Gasteiger partial charge in [-0.15, -0.1) is 0 Å². The lowest BCUT2D eigenvalue weighted by Crippen LogP contribution is -2.40. The van der Waals surface area contributed by atoms with Gasteiger partial charge in [0.15, 0.2) is 12.4 Å². The average molecular weight is 445 g/mol. The zero-order valence-corrected chi connectivity index (χ0v) is 17.6. The number of ketones is 1. The average Bonchev–Trinajstić information content (AvgIpc) is 2.77. The Morgan fingerprint density at radius 1 is 1.13 bits per heavy atom. The van der Waals surface area contributed by atoms with Crippen molar-refractivity contribution in [3.05, 3.63) is 74.3 Å². The van der Waals surface area contributed by atoms with Crippen molar-refractivity contribution in [2.24, 2.45) is 5.92 Å². The van der Waals surface area contributed by atoms with Gasteiger partial charge in [-0.3, -0.25) is 19.7 Å². The first-order valence-corrected chi connectivity index (χ1v) is 10.2. The number of halogens is 1. The van der Waals surface area contributed by atoms with E-state index in [1.54, 1.807) is 17.0 Å². The molecule has 9 heteroatoms. The van der Waals surface area contributed by atoms with E-state index in [2.05, 4.69) is 6.92 Å². The predicted molar refractivity (Wildman–Crippen MR) is 113 cm³/mol. The normalized spacial score (nSPS) is 14.2. The number of esters is 1. The summed E-state index contributed by atoms with van der Waals surface area (Å²) in [6.45, 7) is 2.97. The van der Waals surface area contributed by atoms with Crippen molar-refractivity contribution in [2.75, 3.05) is 19.7 Å². The molecule has 8 nitrogen and oxygen atoms in total. The van der Waals surface area contributed by atoms with Gasteiger partial charge < -0.3 is 9.64 Å². The molecular weight excluding hydrogens is 424 g/mol. The Hall–Kier alpha value is -3.26. The Morgan fingerprint density at radius 2 is 1.77 bits per heavy atom. The van der Waals surface area contributed by atoms with Gasteiger partial charge >= 0.3 is 5.97 Å². The first kappa shape index (κ1) is 22.4. The van der Waals surface area contributed by atoms with E-state index in [9.17, 15) is 24.5 Å². The van der Waals surface area contributed by atoms with E-state index in [0.29, 0.717) is 19.0 Å². The lowest BCUT2D eigenvalue weighted by Gasteiger charge is -2.30. The van der Waals surface area contributed by atoms with Crippen LogP contribution in [0.1, 0.15) is 46.0 Å². The maximum Gasteiger partial charge on any atom is 0.339 e. The van der Waals surface area contributed by atoms with Crippen LogP contribution in [-0.2, 0) is 9.53 Å². The van der Waals surface area contributed by atoms with Gasteiger partial charge in [0.1, 0.15) is 5.02 Å². The molecule has 0 aromatic heterocycles. The molecule has 31 heavy (non-hydrogen) atoms. The monoisotopic (exact) mass is 444 g/mol. The van der Waals surface area contributed by atoms with E-state index >= 15 is 0 Å². The Bertz CT molecular complexity index is 1030. The number of likely N-dealkylation sites (tertiary alicyclic amines) is 1. The molecule has 0 atom stereocenters. The zero-order valence-electron chi connectivity index (χ0n) is 16.9. The summed E-state index contributed by atoms with van der Waals surface area (Å²) in [5, 5.41) is 11.0. The van der Waals surface area contributed by atoms with Gasteiger partial charge in [0.05, 0.1) is 10.5 Å². The van der Waals surface area contributed by atoms with Crippen LogP contribution >= 0.6 is 11.6 Å². The standard InChI is InChI=1S/C22H21ClN2O6/c1-14-8-10-24(11-9-14)20(26)13-31-22(28)17-5-3-2-4-16(17)21(27)15-6-7-18(23)19(12-15)25(29)30/h2-7,12,14H,8-11,13H2,1H3. The number of nitro groups is 1. The number of ether oxygens (including phenoxy) is 1. The number of piperidine rings is 1. The Kier molecular flexibility index (Phi) is 7.02. The molecule has 2 aromatic rings. The topological polar surface area (TPSA) is 107 Å². The number of hydrogen-bond donors (Lipinski definition) is 0. The maximum atomic E-state index is 12.9. The molecule has 0 radical (unpaired) electrons. The Balaban J connectivity index is 1.74. The fourth-order valence-electron chi connectivity index (χ4n) is 3.36. The molecule has 1 aliphatic rings. The summed E-state index contributed by atoms with van der Waals surface area (Å²) >= 11 is 5.80. The molecule has 0 N–H and O–H groups in total. The summed E-state index contributed by atoms with van der Waals surface area (Å²) in [5.74, 6) is -1.12. The summed E-state index contributed by atoms with van der Waals surface area (Å²) in [6.07, 6.45) is 1.81. The van der Waals surface area contributed by atoms with Crippen LogP contribution in [-0.4, -0.2) is 47.2 Å². The van der Waals surface area contributed by atoms with Crippen LogP contribution in [0, 0.1) is 16.0 Å². The fraction of sp³-hybridized carbons (Fsp3) is 0.318. The van der Waals surface area contributed by atoms with Gasteiger partial charge in [-0.05, 0) is 37.0 Å². The smallest absolute Gasteiger partial charge is 0.339 e. The molecule has 162 valence electrons. The highest BCUT2D eigenvalue weighted by atomic mass is 35.5. The third-order valence-corrected chi connectivity index (χ3v) is 5.58. The molecular formula is C22H21ClN2O6. The van der Waals surface area contributed by atoms with Crippen LogP contribution in [0.5, 0.6) is 0 Å². The summed E-state index contributed by atoms with van der Waals surface area (Å²) in [7, 11) is 0. The van der Waals surface area contributed by atoms with Gasteiger partial charge in [-0.2, -0.15) is 0 Å². The SMILES string of the molecule is CC1CCN(C(=O)COC(=O)c2ccccc2C(=O)c2ccc(Cl)c([N+](=O)[O-])c2)CC1. The van der Waals surface area contributed by atoms with E-state index in [0.717, 1.165) is 18.9 Å². The Morgan fingerprint density at radius 3 is 2.42 bits per heavy atom. The zero-order chi connectivity index (χ0) is 22.5. The van der Waals surface area contributed by atoms with Crippen molar-refractivity contribution in [1.29, 1.82) is 0 Å². The van der Waals surface area contributed by atoms with Crippen LogP contribution in [0.2, 0.25) is 5.02 Å². The number of nitro benzene ring substituents is 1. The van der Waals surface area contributed by atoms with Gasteiger partial charge in [-0.1, -0.05) is 36.7 Å². The third kappa shape index (κ3) is 5.27.